The van der Waals surface area contributed by atoms with Crippen molar-refractivity contribution in [3.05, 3.63) is 35.7 Å². The fourth-order valence-electron chi connectivity index (χ4n) is 6.95. The van der Waals surface area contributed by atoms with Gasteiger partial charge in [-0.15, -0.1) is 0 Å². The molecule has 8 atom stereocenters. The van der Waals surface area contributed by atoms with Gasteiger partial charge in [0.1, 0.15) is 12.0 Å². The Morgan fingerprint density at radius 1 is 0.963 bits per heavy atom. The normalized spacial score (nSPS) is 47.0. The van der Waals surface area contributed by atoms with E-state index in [2.05, 4.69) is 0 Å². The van der Waals surface area contributed by atoms with Gasteiger partial charge in [-0.25, -0.2) is 8.78 Å². The number of hydrogen-bond donors (Lipinski definition) is 0. The second kappa shape index (κ2) is 7.46. The SMILES string of the molecule is FC1=CC(C2CCC3OC4CCCC(C5=CC(F)CCC5)C4C3C2)CC=C1. The van der Waals surface area contributed by atoms with Crippen molar-refractivity contribution in [1.82, 2.24) is 0 Å². The first-order valence-electron chi connectivity index (χ1n) is 11.2. The van der Waals surface area contributed by atoms with Crippen molar-refractivity contribution in [2.24, 2.45) is 29.6 Å². The van der Waals surface area contributed by atoms with Gasteiger partial charge < -0.3 is 4.74 Å². The molecule has 0 N–H and O–H groups in total. The third kappa shape index (κ3) is 3.45. The lowest BCUT2D eigenvalue weighted by Crippen LogP contribution is -2.38. The zero-order chi connectivity index (χ0) is 18.4. The average molecular weight is 375 g/mol. The van der Waals surface area contributed by atoms with Crippen LogP contribution >= 0.6 is 0 Å². The Kier molecular flexibility index (Phi) is 5.00. The Balaban J connectivity index is 1.36. The Bertz CT molecular complexity index is 651. The van der Waals surface area contributed by atoms with Crippen LogP contribution in [0, 0.1) is 29.6 Å². The Labute approximate surface area is 161 Å². The standard InChI is InChI=1S/C24H32F2O/c25-18-6-1-4-15(12-18)16-10-11-22-21(14-16)24-20(8-3-9-23(24)27-22)17-5-2-7-19(26)13-17/h1,6,12-13,15-16,19-24H,2-5,7-11,14H2. The van der Waals surface area contributed by atoms with Crippen LogP contribution < -0.4 is 0 Å². The zero-order valence-electron chi connectivity index (χ0n) is 16.2. The van der Waals surface area contributed by atoms with E-state index in [1.165, 1.54) is 24.8 Å². The summed E-state index contributed by atoms with van der Waals surface area (Å²) in [6.07, 6.45) is 18.2. The van der Waals surface area contributed by atoms with Crippen molar-refractivity contribution >= 4 is 0 Å². The van der Waals surface area contributed by atoms with Crippen molar-refractivity contribution < 1.29 is 13.5 Å². The second-order valence-corrected chi connectivity index (χ2v) is 9.57. The quantitative estimate of drug-likeness (QED) is 0.504. The van der Waals surface area contributed by atoms with Gasteiger partial charge >= 0.3 is 0 Å². The molecule has 4 aliphatic carbocycles. The summed E-state index contributed by atoms with van der Waals surface area (Å²) in [5, 5.41) is 0. The van der Waals surface area contributed by atoms with Crippen LogP contribution in [0.1, 0.15) is 64.2 Å². The Morgan fingerprint density at radius 3 is 2.74 bits per heavy atom. The van der Waals surface area contributed by atoms with Crippen molar-refractivity contribution in [2.45, 2.75) is 82.6 Å². The lowest BCUT2D eigenvalue weighted by atomic mass is 9.62. The maximum absolute atomic E-state index is 14.1. The number of halogens is 2. The van der Waals surface area contributed by atoms with Crippen LogP contribution in [-0.2, 0) is 4.74 Å². The molecule has 0 spiro atoms. The number of hydrogen-bond acceptors (Lipinski definition) is 1. The summed E-state index contributed by atoms with van der Waals surface area (Å²) in [6, 6.07) is 0. The lowest BCUT2D eigenvalue weighted by molar-refractivity contribution is -0.00527. The van der Waals surface area contributed by atoms with Gasteiger partial charge in [0.15, 0.2) is 0 Å². The summed E-state index contributed by atoms with van der Waals surface area (Å²) in [5.74, 6) is 2.53. The predicted octanol–water partition coefficient (Wildman–Crippen LogP) is 6.46. The summed E-state index contributed by atoms with van der Waals surface area (Å²) in [4.78, 5) is 0. The lowest BCUT2D eigenvalue weighted by Gasteiger charge is -2.41. The third-order valence-electron chi connectivity index (χ3n) is 8.10. The summed E-state index contributed by atoms with van der Waals surface area (Å²) in [7, 11) is 0. The van der Waals surface area contributed by atoms with E-state index in [1.807, 2.05) is 18.2 Å². The molecule has 1 saturated heterocycles. The van der Waals surface area contributed by atoms with Gasteiger partial charge in [0, 0.05) is 0 Å². The highest BCUT2D eigenvalue weighted by atomic mass is 19.1. The van der Waals surface area contributed by atoms with E-state index in [-0.39, 0.29) is 5.83 Å². The van der Waals surface area contributed by atoms with E-state index in [0.717, 1.165) is 38.5 Å². The maximum Gasteiger partial charge on any atom is 0.119 e. The first kappa shape index (κ1) is 18.1. The van der Waals surface area contributed by atoms with Gasteiger partial charge in [-0.05, 0) is 99.5 Å². The molecule has 5 aliphatic rings. The molecule has 2 saturated carbocycles. The molecule has 5 rings (SSSR count). The van der Waals surface area contributed by atoms with E-state index in [9.17, 15) is 8.78 Å². The molecule has 1 nitrogen and oxygen atoms in total. The van der Waals surface area contributed by atoms with Gasteiger partial charge in [-0.1, -0.05) is 24.1 Å². The van der Waals surface area contributed by atoms with Crippen LogP contribution in [-0.4, -0.2) is 18.4 Å². The molecule has 8 unspecified atom stereocenters. The molecule has 3 fully saturated rings. The topological polar surface area (TPSA) is 9.23 Å². The zero-order valence-corrected chi connectivity index (χ0v) is 16.2. The molecule has 3 heteroatoms. The minimum Gasteiger partial charge on any atom is -0.374 e. The molecule has 0 aromatic rings. The van der Waals surface area contributed by atoms with E-state index in [1.54, 1.807) is 6.08 Å². The Morgan fingerprint density at radius 2 is 1.89 bits per heavy atom. The number of alkyl halides is 1. The summed E-state index contributed by atoms with van der Waals surface area (Å²) < 4.78 is 34.4. The minimum atomic E-state index is -0.742. The molecular formula is C24H32F2O. The minimum absolute atomic E-state index is 0.0641. The summed E-state index contributed by atoms with van der Waals surface area (Å²) >= 11 is 0. The Hall–Kier alpha value is -0.960. The highest BCUT2D eigenvalue weighted by molar-refractivity contribution is 5.20. The van der Waals surface area contributed by atoms with E-state index in [0.29, 0.717) is 48.2 Å². The average Bonchev–Trinajstić information content (AvgIpc) is 3.06. The van der Waals surface area contributed by atoms with Gasteiger partial charge in [0.2, 0.25) is 0 Å². The van der Waals surface area contributed by atoms with Crippen molar-refractivity contribution in [1.29, 1.82) is 0 Å². The molecule has 0 bridgehead atoms. The van der Waals surface area contributed by atoms with Gasteiger partial charge in [-0.3, -0.25) is 0 Å². The van der Waals surface area contributed by atoms with E-state index < -0.39 is 6.17 Å². The van der Waals surface area contributed by atoms with Crippen LogP contribution in [0.25, 0.3) is 0 Å². The smallest absolute Gasteiger partial charge is 0.119 e. The molecule has 148 valence electrons. The van der Waals surface area contributed by atoms with Gasteiger partial charge in [0.05, 0.1) is 12.2 Å². The highest BCUT2D eigenvalue weighted by Gasteiger charge is 2.52. The molecule has 1 aliphatic heterocycles. The predicted molar refractivity (Wildman–Crippen MR) is 104 cm³/mol. The number of allylic oxidation sites excluding steroid dienone is 6. The molecule has 0 aromatic carbocycles. The van der Waals surface area contributed by atoms with E-state index in [4.69, 9.17) is 4.74 Å². The van der Waals surface area contributed by atoms with Crippen molar-refractivity contribution in [2.75, 3.05) is 0 Å². The van der Waals surface area contributed by atoms with Gasteiger partial charge in [0.25, 0.3) is 0 Å². The molecular weight excluding hydrogens is 342 g/mol. The van der Waals surface area contributed by atoms with Crippen LogP contribution in [0.4, 0.5) is 8.78 Å². The number of ether oxygens (including phenoxy) is 1. The first-order valence-corrected chi connectivity index (χ1v) is 11.2. The van der Waals surface area contributed by atoms with Crippen LogP contribution in [0.15, 0.2) is 35.7 Å². The summed E-state index contributed by atoms with van der Waals surface area (Å²) in [5.41, 5.74) is 1.39. The summed E-state index contributed by atoms with van der Waals surface area (Å²) in [6.45, 7) is 0. The molecule has 0 amide bonds. The largest absolute Gasteiger partial charge is 0.374 e. The van der Waals surface area contributed by atoms with Crippen LogP contribution in [0.3, 0.4) is 0 Å². The third-order valence-corrected chi connectivity index (χ3v) is 8.10. The van der Waals surface area contributed by atoms with Gasteiger partial charge in [-0.2, -0.15) is 0 Å². The molecule has 1 heterocycles. The molecule has 27 heavy (non-hydrogen) atoms. The monoisotopic (exact) mass is 374 g/mol. The molecule has 0 radical (unpaired) electrons. The van der Waals surface area contributed by atoms with Crippen molar-refractivity contribution in [3.63, 3.8) is 0 Å². The fraction of sp³-hybridized carbons (Fsp3) is 0.750. The van der Waals surface area contributed by atoms with E-state index >= 15 is 0 Å². The van der Waals surface area contributed by atoms with Crippen LogP contribution in [0.5, 0.6) is 0 Å². The maximum atomic E-state index is 14.1. The fourth-order valence-corrected chi connectivity index (χ4v) is 6.95. The number of rotatable bonds is 2. The second-order valence-electron chi connectivity index (χ2n) is 9.57. The number of fused-ring (bicyclic) bond motifs is 3. The van der Waals surface area contributed by atoms with Crippen molar-refractivity contribution in [3.8, 4) is 0 Å². The first-order chi connectivity index (χ1) is 13.2. The highest BCUT2D eigenvalue weighted by Crippen LogP contribution is 2.54. The van der Waals surface area contributed by atoms with Crippen LogP contribution in [0.2, 0.25) is 0 Å². The molecule has 0 aromatic heterocycles.